The number of carbonyl (C=O) groups excluding carboxylic acids is 1. The van der Waals surface area contributed by atoms with Gasteiger partial charge in [-0.3, -0.25) is 9.89 Å². The fraction of sp³-hybridized carbons (Fsp3) is 0.375. The van der Waals surface area contributed by atoms with Crippen molar-refractivity contribution in [2.75, 3.05) is 6.54 Å². The molecule has 0 aliphatic heterocycles. The van der Waals surface area contributed by atoms with Crippen molar-refractivity contribution in [3.8, 4) is 11.3 Å². The molecule has 0 saturated heterocycles. The molecule has 1 aromatic carbocycles. The van der Waals surface area contributed by atoms with Gasteiger partial charge in [0.15, 0.2) is 0 Å². The molecule has 1 atom stereocenters. The molecule has 0 bridgehead atoms. The Bertz CT molecular complexity index is 630. The van der Waals surface area contributed by atoms with Gasteiger partial charge in [-0.25, -0.2) is 0 Å². The van der Waals surface area contributed by atoms with Gasteiger partial charge in [-0.05, 0) is 18.6 Å². The number of halogens is 2. The zero-order valence-corrected chi connectivity index (χ0v) is 14.6. The molecule has 2 aromatic rings. The summed E-state index contributed by atoms with van der Waals surface area (Å²) in [7, 11) is 0. The topological polar surface area (TPSA) is 83.8 Å². The van der Waals surface area contributed by atoms with Gasteiger partial charge in [-0.2, -0.15) is 5.10 Å². The van der Waals surface area contributed by atoms with Crippen molar-refractivity contribution in [2.45, 2.75) is 32.2 Å². The summed E-state index contributed by atoms with van der Waals surface area (Å²) < 4.78 is 0. The maximum absolute atomic E-state index is 12.5. The Labute approximate surface area is 147 Å². The van der Waals surface area contributed by atoms with Crippen molar-refractivity contribution in [3.63, 3.8) is 0 Å². The van der Waals surface area contributed by atoms with Crippen molar-refractivity contribution >= 4 is 29.9 Å². The van der Waals surface area contributed by atoms with Crippen LogP contribution >= 0.6 is 24.0 Å². The summed E-state index contributed by atoms with van der Waals surface area (Å²) in [5, 5.41) is 10.4. The normalized spacial score (nSPS) is 11.6. The molecule has 0 radical (unpaired) electrons. The van der Waals surface area contributed by atoms with Crippen LogP contribution in [-0.2, 0) is 0 Å². The molecule has 1 aromatic heterocycles. The third-order valence-corrected chi connectivity index (χ3v) is 3.76. The van der Waals surface area contributed by atoms with Crippen LogP contribution in [0.3, 0.4) is 0 Å². The lowest BCUT2D eigenvalue weighted by molar-refractivity contribution is 0.0936. The number of nitrogens with zero attached hydrogens (tertiary/aromatic N) is 1. The fourth-order valence-electron chi connectivity index (χ4n) is 2.28. The van der Waals surface area contributed by atoms with Crippen LogP contribution in [0.1, 0.15) is 36.5 Å². The van der Waals surface area contributed by atoms with Crippen molar-refractivity contribution in [1.82, 2.24) is 15.5 Å². The first-order valence-electron chi connectivity index (χ1n) is 7.46. The molecule has 0 aliphatic rings. The highest BCUT2D eigenvalue weighted by molar-refractivity contribution is 6.30. The Balaban J connectivity index is 0.00000264. The molecule has 1 amide bonds. The van der Waals surface area contributed by atoms with Gasteiger partial charge in [0.2, 0.25) is 0 Å². The Morgan fingerprint density at radius 3 is 2.91 bits per heavy atom. The molecular weight excluding hydrogens is 335 g/mol. The van der Waals surface area contributed by atoms with Gasteiger partial charge in [0.25, 0.3) is 5.91 Å². The Hall–Kier alpha value is -1.56. The smallest absolute Gasteiger partial charge is 0.255 e. The highest BCUT2D eigenvalue weighted by Crippen LogP contribution is 2.24. The number of nitrogens with two attached hydrogens (primary N) is 1. The first-order valence-corrected chi connectivity index (χ1v) is 7.83. The van der Waals surface area contributed by atoms with Crippen LogP contribution in [0, 0.1) is 0 Å². The van der Waals surface area contributed by atoms with Crippen LogP contribution < -0.4 is 11.1 Å². The van der Waals surface area contributed by atoms with E-state index in [0.717, 1.165) is 24.8 Å². The molecule has 0 fully saturated rings. The van der Waals surface area contributed by atoms with E-state index in [-0.39, 0.29) is 24.4 Å². The van der Waals surface area contributed by atoms with Gasteiger partial charge in [-0.15, -0.1) is 12.4 Å². The number of amides is 1. The second-order valence-corrected chi connectivity index (χ2v) is 5.65. The largest absolute Gasteiger partial charge is 0.348 e. The van der Waals surface area contributed by atoms with Crippen LogP contribution in [-0.4, -0.2) is 28.7 Å². The molecule has 7 heteroatoms. The molecular formula is C16H22Cl2N4O. The monoisotopic (exact) mass is 356 g/mol. The van der Waals surface area contributed by atoms with Gasteiger partial charge in [0, 0.05) is 23.2 Å². The van der Waals surface area contributed by atoms with Crippen LogP contribution in [0.4, 0.5) is 0 Å². The van der Waals surface area contributed by atoms with Crippen LogP contribution in [0.5, 0.6) is 0 Å². The number of carbonyl (C=O) groups is 1. The van der Waals surface area contributed by atoms with E-state index in [1.807, 2.05) is 12.1 Å². The summed E-state index contributed by atoms with van der Waals surface area (Å²) in [4.78, 5) is 12.5. The molecule has 0 aliphatic carbocycles. The number of aromatic amines is 1. The van der Waals surface area contributed by atoms with Crippen molar-refractivity contribution < 1.29 is 4.79 Å². The van der Waals surface area contributed by atoms with Gasteiger partial charge >= 0.3 is 0 Å². The number of hydrogen-bond acceptors (Lipinski definition) is 3. The summed E-state index contributed by atoms with van der Waals surface area (Å²) in [5.41, 5.74) is 7.71. The number of H-pyrrole nitrogens is 1. The number of aromatic nitrogens is 2. The highest BCUT2D eigenvalue weighted by Gasteiger charge is 2.18. The molecule has 1 unspecified atom stereocenters. The van der Waals surface area contributed by atoms with E-state index in [4.69, 9.17) is 17.3 Å². The summed E-state index contributed by atoms with van der Waals surface area (Å²) >= 11 is 6.01. The lowest BCUT2D eigenvalue weighted by Gasteiger charge is -2.16. The molecule has 0 spiro atoms. The Kier molecular flexibility index (Phi) is 8.09. The molecule has 5 nitrogen and oxygen atoms in total. The summed E-state index contributed by atoms with van der Waals surface area (Å²) in [5.74, 6) is -0.171. The molecule has 0 saturated carbocycles. The lowest BCUT2D eigenvalue weighted by atomic mass is 10.1. The minimum Gasteiger partial charge on any atom is -0.348 e. The number of rotatable bonds is 7. The van der Waals surface area contributed by atoms with Crippen molar-refractivity contribution in [2.24, 2.45) is 5.73 Å². The number of unbranched alkanes of at least 4 members (excludes halogenated alkanes) is 1. The summed E-state index contributed by atoms with van der Waals surface area (Å²) in [6.45, 7) is 2.54. The molecule has 4 N–H and O–H groups in total. The standard InChI is InChI=1S/C16H21ClN4O.ClH/c1-2-3-7-13(9-18)20-16(22)14-10-19-21-15(14)11-5-4-6-12(17)8-11;/h4-6,8,10,13H,2-3,7,9,18H2,1H3,(H,19,21)(H,20,22);1H. The van der Waals surface area contributed by atoms with Crippen LogP contribution in [0.25, 0.3) is 11.3 Å². The van der Waals surface area contributed by atoms with Crippen molar-refractivity contribution in [3.05, 3.63) is 41.0 Å². The quantitative estimate of drug-likeness (QED) is 0.710. The molecule has 23 heavy (non-hydrogen) atoms. The Morgan fingerprint density at radius 1 is 1.48 bits per heavy atom. The average molecular weight is 357 g/mol. The van der Waals surface area contributed by atoms with Crippen molar-refractivity contribution in [1.29, 1.82) is 0 Å². The second-order valence-electron chi connectivity index (χ2n) is 5.22. The second kappa shape index (κ2) is 9.55. The van der Waals surface area contributed by atoms with E-state index in [0.29, 0.717) is 22.8 Å². The van der Waals surface area contributed by atoms with E-state index < -0.39 is 0 Å². The highest BCUT2D eigenvalue weighted by atomic mass is 35.5. The fourth-order valence-corrected chi connectivity index (χ4v) is 2.48. The first kappa shape index (κ1) is 19.5. The number of nitrogens with one attached hydrogen (secondary N) is 2. The zero-order chi connectivity index (χ0) is 15.9. The number of hydrogen-bond donors (Lipinski definition) is 3. The number of benzene rings is 1. The van der Waals surface area contributed by atoms with Crippen LogP contribution in [0.2, 0.25) is 5.02 Å². The maximum Gasteiger partial charge on any atom is 0.255 e. The Morgan fingerprint density at radius 2 is 2.26 bits per heavy atom. The summed E-state index contributed by atoms with van der Waals surface area (Å²) in [6.07, 6.45) is 4.52. The third-order valence-electron chi connectivity index (χ3n) is 3.52. The molecule has 1 heterocycles. The third kappa shape index (κ3) is 5.23. The van der Waals surface area contributed by atoms with E-state index >= 15 is 0 Å². The first-order chi connectivity index (χ1) is 10.7. The zero-order valence-electron chi connectivity index (χ0n) is 13.0. The van der Waals surface area contributed by atoms with Gasteiger partial charge in [0.1, 0.15) is 0 Å². The van der Waals surface area contributed by atoms with Crippen LogP contribution in [0.15, 0.2) is 30.5 Å². The van der Waals surface area contributed by atoms with E-state index in [9.17, 15) is 4.79 Å². The summed E-state index contributed by atoms with van der Waals surface area (Å²) in [6, 6.07) is 7.28. The minimum atomic E-state index is -0.171. The van der Waals surface area contributed by atoms with E-state index in [2.05, 4.69) is 22.4 Å². The predicted octanol–water partition coefficient (Wildman–Crippen LogP) is 3.40. The molecule has 2 rings (SSSR count). The average Bonchev–Trinajstić information content (AvgIpc) is 3.01. The van der Waals surface area contributed by atoms with E-state index in [1.165, 1.54) is 6.20 Å². The van der Waals surface area contributed by atoms with E-state index in [1.54, 1.807) is 12.1 Å². The van der Waals surface area contributed by atoms with Gasteiger partial charge in [-0.1, -0.05) is 43.5 Å². The molecule has 126 valence electrons. The maximum atomic E-state index is 12.5. The van der Waals surface area contributed by atoms with Gasteiger partial charge < -0.3 is 11.1 Å². The lowest BCUT2D eigenvalue weighted by Crippen LogP contribution is -2.40. The minimum absolute atomic E-state index is 0. The predicted molar refractivity (Wildman–Crippen MR) is 96.1 cm³/mol. The SMILES string of the molecule is CCCCC(CN)NC(=O)c1cn[nH]c1-c1cccc(Cl)c1.Cl. The van der Waals surface area contributed by atoms with Gasteiger partial charge in [0.05, 0.1) is 17.5 Å².